The molecule has 2 atom stereocenters. The summed E-state index contributed by atoms with van der Waals surface area (Å²) in [7, 11) is 1.40. The molecule has 7 heteroatoms. The van der Waals surface area contributed by atoms with Crippen LogP contribution in [0.3, 0.4) is 0 Å². The number of aliphatic hydroxyl groups is 1. The van der Waals surface area contributed by atoms with E-state index in [-0.39, 0.29) is 53.9 Å². The van der Waals surface area contributed by atoms with Gasteiger partial charge in [-0.25, -0.2) is 4.39 Å². The number of carbonyl (C=O) groups is 2. The molecule has 6 nitrogen and oxygen atoms in total. The Hall–Kier alpha value is -2.80. The highest BCUT2D eigenvalue weighted by atomic mass is 19.1. The van der Waals surface area contributed by atoms with Crippen LogP contribution < -0.4 is 10.9 Å². The van der Waals surface area contributed by atoms with Crippen molar-refractivity contribution < 1.29 is 19.1 Å². The molecule has 1 amide bonds. The maximum absolute atomic E-state index is 14.0. The van der Waals surface area contributed by atoms with E-state index in [2.05, 4.69) is 5.32 Å². The molecule has 0 saturated heterocycles. The Bertz CT molecular complexity index is 938. The third-order valence-corrected chi connectivity index (χ3v) is 4.93. The first-order chi connectivity index (χ1) is 12.9. The fourth-order valence-electron chi connectivity index (χ4n) is 3.15. The highest BCUT2D eigenvalue weighted by molar-refractivity contribution is 6.00. The van der Waals surface area contributed by atoms with Crippen LogP contribution in [0.5, 0.6) is 0 Å². The van der Waals surface area contributed by atoms with Crippen LogP contribution in [0.2, 0.25) is 0 Å². The molecule has 1 aliphatic carbocycles. The lowest BCUT2D eigenvalue weighted by Gasteiger charge is -2.12. The fraction of sp³-hybridized carbons (Fsp3) is 0.350. The number of halogens is 1. The average Bonchev–Trinajstić information content (AvgIpc) is 3.42. The lowest BCUT2D eigenvalue weighted by atomic mass is 10.0. The minimum absolute atomic E-state index is 0.0498. The number of aromatic nitrogens is 1. The van der Waals surface area contributed by atoms with Gasteiger partial charge in [0.15, 0.2) is 5.78 Å². The summed E-state index contributed by atoms with van der Waals surface area (Å²) in [5.74, 6) is -1.01. The number of rotatable bonds is 7. The predicted molar refractivity (Wildman–Crippen MR) is 97.2 cm³/mol. The Morgan fingerprint density at radius 3 is 2.67 bits per heavy atom. The number of hydrogen-bond acceptors (Lipinski definition) is 4. The van der Waals surface area contributed by atoms with E-state index in [1.165, 1.54) is 29.9 Å². The molecule has 2 N–H and O–H groups in total. The molecular formula is C20H21FN2O4. The maximum Gasteiger partial charge on any atom is 0.263 e. The number of carbonyl (C=O) groups excluding carboxylic acids is 2. The molecule has 2 aromatic rings. The van der Waals surface area contributed by atoms with Gasteiger partial charge in [-0.15, -0.1) is 0 Å². The minimum Gasteiger partial charge on any atom is -0.396 e. The monoisotopic (exact) mass is 372 g/mol. The highest BCUT2D eigenvalue weighted by Gasteiger charge is 2.38. The topological polar surface area (TPSA) is 88.4 Å². The van der Waals surface area contributed by atoms with E-state index in [0.717, 1.165) is 6.42 Å². The van der Waals surface area contributed by atoms with Gasteiger partial charge in [0.1, 0.15) is 11.4 Å². The molecule has 1 aromatic carbocycles. The second-order valence-corrected chi connectivity index (χ2v) is 6.81. The van der Waals surface area contributed by atoms with Gasteiger partial charge in [-0.05, 0) is 30.4 Å². The Balaban J connectivity index is 1.96. The van der Waals surface area contributed by atoms with E-state index >= 15 is 0 Å². The van der Waals surface area contributed by atoms with E-state index in [9.17, 15) is 18.8 Å². The van der Waals surface area contributed by atoms with E-state index < -0.39 is 17.3 Å². The molecule has 1 saturated carbocycles. The zero-order chi connectivity index (χ0) is 19.6. The lowest BCUT2D eigenvalue weighted by Crippen LogP contribution is -2.32. The van der Waals surface area contributed by atoms with Crippen molar-refractivity contribution in [2.75, 3.05) is 13.7 Å². The first kappa shape index (κ1) is 19.0. The van der Waals surface area contributed by atoms with E-state index in [0.29, 0.717) is 0 Å². The number of nitrogens with one attached hydrogen (secondary N) is 1. The highest BCUT2D eigenvalue weighted by Crippen LogP contribution is 2.41. The predicted octanol–water partition coefficient (Wildman–Crippen LogP) is 1.60. The second kappa shape index (κ2) is 7.84. The molecule has 142 valence electrons. The Morgan fingerprint density at radius 1 is 1.30 bits per heavy atom. The molecule has 27 heavy (non-hydrogen) atoms. The number of pyridine rings is 1. The first-order valence-corrected chi connectivity index (χ1v) is 8.78. The molecule has 1 aliphatic rings. The summed E-state index contributed by atoms with van der Waals surface area (Å²) in [5, 5.41) is 11.5. The fourth-order valence-corrected chi connectivity index (χ4v) is 3.15. The van der Waals surface area contributed by atoms with Gasteiger partial charge in [-0.3, -0.25) is 14.4 Å². The van der Waals surface area contributed by atoms with Crippen molar-refractivity contribution in [2.45, 2.75) is 19.4 Å². The van der Waals surface area contributed by atoms with Crippen LogP contribution in [0, 0.1) is 17.7 Å². The van der Waals surface area contributed by atoms with Gasteiger partial charge in [0.25, 0.3) is 11.5 Å². The van der Waals surface area contributed by atoms with Gasteiger partial charge in [0, 0.05) is 37.4 Å². The average molecular weight is 372 g/mol. The van der Waals surface area contributed by atoms with Gasteiger partial charge in [0.2, 0.25) is 0 Å². The van der Waals surface area contributed by atoms with Crippen molar-refractivity contribution in [3.63, 3.8) is 0 Å². The second-order valence-electron chi connectivity index (χ2n) is 6.81. The lowest BCUT2D eigenvalue weighted by molar-refractivity contribution is 0.0961. The number of nitrogens with zero attached hydrogens (tertiary/aromatic N) is 1. The summed E-state index contributed by atoms with van der Waals surface area (Å²) in [5.41, 5.74) is -0.231. The van der Waals surface area contributed by atoms with Crippen molar-refractivity contribution in [1.82, 2.24) is 9.88 Å². The first-order valence-electron chi connectivity index (χ1n) is 8.78. The molecule has 1 aromatic heterocycles. The van der Waals surface area contributed by atoms with Gasteiger partial charge < -0.3 is 15.0 Å². The number of ketones is 1. The van der Waals surface area contributed by atoms with Crippen LogP contribution in [0.15, 0.2) is 41.3 Å². The molecule has 3 rings (SSSR count). The normalized spacial score (nSPS) is 18.2. The largest absolute Gasteiger partial charge is 0.396 e. The van der Waals surface area contributed by atoms with Crippen molar-refractivity contribution in [3.05, 3.63) is 69.4 Å². The molecule has 1 fully saturated rings. The quantitative estimate of drug-likeness (QED) is 0.723. The zero-order valence-electron chi connectivity index (χ0n) is 14.9. The van der Waals surface area contributed by atoms with E-state index in [4.69, 9.17) is 5.11 Å². The molecule has 0 unspecified atom stereocenters. The summed E-state index contributed by atoms with van der Waals surface area (Å²) < 4.78 is 15.2. The molecule has 0 bridgehead atoms. The number of amides is 1. The maximum atomic E-state index is 14.0. The Morgan fingerprint density at radius 2 is 2.04 bits per heavy atom. The Kier molecular flexibility index (Phi) is 5.51. The number of hydrogen-bond donors (Lipinski definition) is 2. The number of aliphatic hydroxyl groups excluding tert-OH is 1. The molecule has 1 heterocycles. The van der Waals surface area contributed by atoms with Crippen molar-refractivity contribution in [2.24, 2.45) is 11.8 Å². The van der Waals surface area contributed by atoms with Crippen LogP contribution in [0.1, 0.15) is 39.1 Å². The van der Waals surface area contributed by atoms with E-state index in [1.807, 2.05) is 0 Å². The van der Waals surface area contributed by atoms with Crippen LogP contribution in [0.4, 0.5) is 4.39 Å². The van der Waals surface area contributed by atoms with Crippen molar-refractivity contribution in [3.8, 4) is 0 Å². The number of benzene rings is 1. The molecular weight excluding hydrogens is 351 g/mol. The molecule has 0 spiro atoms. The van der Waals surface area contributed by atoms with Gasteiger partial charge in [-0.2, -0.15) is 0 Å². The van der Waals surface area contributed by atoms with Crippen LogP contribution in [-0.2, 0) is 6.54 Å². The third kappa shape index (κ3) is 4.14. The van der Waals surface area contributed by atoms with Crippen LogP contribution in [0.25, 0.3) is 0 Å². The SMILES string of the molecule is CNC(=O)c1cc(C(=O)C[C@H]2C[C@@H]2CO)cn(Cc2ccccc2F)c1=O. The van der Waals surface area contributed by atoms with Gasteiger partial charge in [-0.1, -0.05) is 18.2 Å². The van der Waals surface area contributed by atoms with Crippen LogP contribution in [-0.4, -0.2) is 35.0 Å². The Labute approximate surface area is 155 Å². The van der Waals surface area contributed by atoms with E-state index in [1.54, 1.807) is 18.2 Å². The molecule has 0 aliphatic heterocycles. The van der Waals surface area contributed by atoms with Gasteiger partial charge >= 0.3 is 0 Å². The van der Waals surface area contributed by atoms with Crippen molar-refractivity contribution in [1.29, 1.82) is 0 Å². The standard InChI is InChI=1S/C20H21FN2O4/c1-22-19(26)16-7-14(18(25)8-13-6-15(13)11-24)10-23(20(16)27)9-12-4-2-3-5-17(12)21/h2-5,7,10,13,15,24H,6,8-9,11H2,1H3,(H,22,26)/t13-,15-/m1/s1. The zero-order valence-corrected chi connectivity index (χ0v) is 14.9. The summed E-state index contributed by atoms with van der Waals surface area (Å²) in [6, 6.07) is 7.33. The van der Waals surface area contributed by atoms with Crippen LogP contribution >= 0.6 is 0 Å². The summed E-state index contributed by atoms with van der Waals surface area (Å²) in [6.07, 6.45) is 2.41. The smallest absolute Gasteiger partial charge is 0.263 e. The minimum atomic E-state index is -0.600. The summed E-state index contributed by atoms with van der Waals surface area (Å²) in [4.78, 5) is 37.3. The summed E-state index contributed by atoms with van der Waals surface area (Å²) in [6.45, 7) is -0.0342. The molecule has 0 radical (unpaired) electrons. The summed E-state index contributed by atoms with van der Waals surface area (Å²) >= 11 is 0. The van der Waals surface area contributed by atoms with Crippen molar-refractivity contribution >= 4 is 11.7 Å². The van der Waals surface area contributed by atoms with Gasteiger partial charge in [0.05, 0.1) is 6.54 Å². The third-order valence-electron chi connectivity index (χ3n) is 4.93. The number of Topliss-reactive ketones (excluding diaryl/α,β-unsaturated/α-hetero) is 1.